The Morgan fingerprint density at radius 2 is 1.87 bits per heavy atom. The van der Waals surface area contributed by atoms with Crippen LogP contribution in [0.1, 0.15) is 60.3 Å². The number of fused-ring (bicyclic) bond motifs is 2. The monoisotopic (exact) mass is 208 g/mol. The Morgan fingerprint density at radius 3 is 2.47 bits per heavy atom. The van der Waals surface area contributed by atoms with Gasteiger partial charge in [0.25, 0.3) is 0 Å². The van der Waals surface area contributed by atoms with Crippen molar-refractivity contribution in [2.24, 2.45) is 35.0 Å². The highest BCUT2D eigenvalue weighted by atomic mass is 14.6. The van der Waals surface area contributed by atoms with Gasteiger partial charge in [-0.05, 0) is 47.8 Å². The van der Waals surface area contributed by atoms with Gasteiger partial charge in [-0.3, -0.25) is 0 Å². The van der Waals surface area contributed by atoms with Crippen LogP contribution in [0.5, 0.6) is 0 Å². The standard InChI is InChI=1S/C15H28/c1-10(2)14-12(4)15(5)8-6-7-11(3)13(14)9-15/h10-14H,6-9H2,1-5H3/t11?,12-,13?,14+,15+/m0/s1. The largest absolute Gasteiger partial charge is 0.0625 e. The van der Waals surface area contributed by atoms with Crippen molar-refractivity contribution in [2.75, 3.05) is 0 Å². The molecule has 0 saturated heterocycles. The van der Waals surface area contributed by atoms with Crippen molar-refractivity contribution in [1.82, 2.24) is 0 Å². The quantitative estimate of drug-likeness (QED) is 0.584. The van der Waals surface area contributed by atoms with E-state index >= 15 is 0 Å². The molecule has 2 saturated carbocycles. The predicted molar refractivity (Wildman–Crippen MR) is 66.7 cm³/mol. The summed E-state index contributed by atoms with van der Waals surface area (Å²) in [5.41, 5.74) is 0.671. The van der Waals surface area contributed by atoms with E-state index in [9.17, 15) is 0 Å². The average Bonchev–Trinajstić information content (AvgIpc) is 2.29. The smallest absolute Gasteiger partial charge is 0.0294 e. The Balaban J connectivity index is 2.28. The van der Waals surface area contributed by atoms with E-state index < -0.39 is 0 Å². The van der Waals surface area contributed by atoms with Crippen LogP contribution in [0.15, 0.2) is 0 Å². The van der Waals surface area contributed by atoms with Crippen LogP contribution in [-0.2, 0) is 0 Å². The van der Waals surface area contributed by atoms with Crippen LogP contribution in [0.25, 0.3) is 0 Å². The van der Waals surface area contributed by atoms with Gasteiger partial charge in [-0.15, -0.1) is 0 Å². The van der Waals surface area contributed by atoms with Crippen molar-refractivity contribution in [2.45, 2.75) is 60.3 Å². The minimum atomic E-state index is 0.671. The fourth-order valence-electron chi connectivity index (χ4n) is 4.72. The van der Waals surface area contributed by atoms with E-state index in [-0.39, 0.29) is 0 Å². The highest BCUT2D eigenvalue weighted by molar-refractivity contribution is 5.00. The third-order valence-electron chi connectivity index (χ3n) is 5.78. The summed E-state index contributed by atoms with van der Waals surface area (Å²) in [5, 5.41) is 0. The Morgan fingerprint density at radius 1 is 1.20 bits per heavy atom. The second-order valence-electron chi connectivity index (χ2n) is 7.00. The summed E-state index contributed by atoms with van der Waals surface area (Å²) in [6.45, 7) is 12.5. The molecule has 2 aliphatic rings. The normalized spacial score (nSPS) is 50.8. The second-order valence-corrected chi connectivity index (χ2v) is 7.00. The lowest BCUT2D eigenvalue weighted by Gasteiger charge is -2.36. The average molecular weight is 208 g/mol. The maximum absolute atomic E-state index is 2.56. The second kappa shape index (κ2) is 3.79. The molecule has 0 spiro atoms. The molecule has 2 bridgehead atoms. The van der Waals surface area contributed by atoms with Gasteiger partial charge in [-0.1, -0.05) is 47.5 Å². The maximum Gasteiger partial charge on any atom is -0.0294 e. The maximum atomic E-state index is 2.56. The van der Waals surface area contributed by atoms with Crippen molar-refractivity contribution in [1.29, 1.82) is 0 Å². The summed E-state index contributed by atoms with van der Waals surface area (Å²) in [4.78, 5) is 0. The van der Waals surface area contributed by atoms with E-state index in [2.05, 4.69) is 34.6 Å². The van der Waals surface area contributed by atoms with Gasteiger partial charge in [-0.2, -0.15) is 0 Å². The molecule has 0 heteroatoms. The molecule has 0 heterocycles. The van der Waals surface area contributed by atoms with Gasteiger partial charge in [0.15, 0.2) is 0 Å². The van der Waals surface area contributed by atoms with Crippen LogP contribution >= 0.6 is 0 Å². The zero-order valence-electron chi connectivity index (χ0n) is 11.2. The van der Waals surface area contributed by atoms with Gasteiger partial charge in [-0.25, -0.2) is 0 Å². The molecule has 0 nitrogen and oxygen atoms in total. The SMILES string of the molecule is CC1CCC[C@]2(C)CC1[C@H](C(C)C)[C@@H]2C. The van der Waals surface area contributed by atoms with Crippen molar-refractivity contribution in [3.63, 3.8) is 0 Å². The molecule has 0 aromatic carbocycles. The van der Waals surface area contributed by atoms with Gasteiger partial charge in [0.2, 0.25) is 0 Å². The van der Waals surface area contributed by atoms with Crippen LogP contribution in [0.4, 0.5) is 0 Å². The summed E-state index contributed by atoms with van der Waals surface area (Å²) in [7, 11) is 0. The summed E-state index contributed by atoms with van der Waals surface area (Å²) in [6.07, 6.45) is 5.95. The topological polar surface area (TPSA) is 0 Å². The van der Waals surface area contributed by atoms with Crippen LogP contribution in [0, 0.1) is 35.0 Å². The van der Waals surface area contributed by atoms with E-state index in [4.69, 9.17) is 0 Å². The first kappa shape index (κ1) is 11.5. The molecule has 2 unspecified atom stereocenters. The van der Waals surface area contributed by atoms with Crippen LogP contribution < -0.4 is 0 Å². The minimum Gasteiger partial charge on any atom is -0.0625 e. The molecular formula is C15H28. The van der Waals surface area contributed by atoms with Crippen LogP contribution in [-0.4, -0.2) is 0 Å². The van der Waals surface area contributed by atoms with Crippen LogP contribution in [0.3, 0.4) is 0 Å². The summed E-state index contributed by atoms with van der Waals surface area (Å²) >= 11 is 0. The Bertz CT molecular complexity index is 230. The summed E-state index contributed by atoms with van der Waals surface area (Å²) < 4.78 is 0. The Labute approximate surface area is 95.8 Å². The Kier molecular flexibility index (Phi) is 2.90. The van der Waals surface area contributed by atoms with Crippen molar-refractivity contribution in [3.05, 3.63) is 0 Å². The third-order valence-corrected chi connectivity index (χ3v) is 5.78. The molecule has 0 N–H and O–H groups in total. The van der Waals surface area contributed by atoms with Gasteiger partial charge in [0, 0.05) is 0 Å². The lowest BCUT2D eigenvalue weighted by atomic mass is 9.69. The molecular weight excluding hydrogens is 180 g/mol. The van der Waals surface area contributed by atoms with Crippen molar-refractivity contribution < 1.29 is 0 Å². The summed E-state index contributed by atoms with van der Waals surface area (Å²) in [6, 6.07) is 0. The third kappa shape index (κ3) is 1.74. The lowest BCUT2D eigenvalue weighted by molar-refractivity contribution is 0.133. The van der Waals surface area contributed by atoms with E-state index in [1.165, 1.54) is 25.7 Å². The fraction of sp³-hybridized carbons (Fsp3) is 1.00. The zero-order valence-corrected chi connectivity index (χ0v) is 11.2. The number of hydrogen-bond acceptors (Lipinski definition) is 0. The van der Waals surface area contributed by atoms with E-state index in [0.717, 1.165) is 29.6 Å². The lowest BCUT2D eigenvalue weighted by Crippen LogP contribution is -2.28. The van der Waals surface area contributed by atoms with Gasteiger partial charge in [0.05, 0.1) is 0 Å². The molecule has 88 valence electrons. The summed E-state index contributed by atoms with van der Waals surface area (Å²) in [5.74, 6) is 4.82. The highest BCUT2D eigenvalue weighted by Crippen LogP contribution is 2.59. The molecule has 0 aliphatic heterocycles. The first-order valence-electron chi connectivity index (χ1n) is 6.96. The number of rotatable bonds is 1. The van der Waals surface area contributed by atoms with E-state index in [0.29, 0.717) is 5.41 Å². The number of hydrogen-bond donors (Lipinski definition) is 0. The molecule has 0 aromatic rings. The Hall–Kier alpha value is 0. The molecule has 2 aliphatic carbocycles. The fourth-order valence-corrected chi connectivity index (χ4v) is 4.72. The van der Waals surface area contributed by atoms with E-state index in [1.807, 2.05) is 0 Å². The van der Waals surface area contributed by atoms with Gasteiger partial charge in [0.1, 0.15) is 0 Å². The predicted octanol–water partition coefficient (Wildman–Crippen LogP) is 4.74. The molecule has 2 fully saturated rings. The first-order chi connectivity index (χ1) is 6.96. The minimum absolute atomic E-state index is 0.671. The van der Waals surface area contributed by atoms with Crippen molar-refractivity contribution >= 4 is 0 Å². The van der Waals surface area contributed by atoms with Crippen LogP contribution in [0.2, 0.25) is 0 Å². The van der Waals surface area contributed by atoms with E-state index in [1.54, 1.807) is 0 Å². The zero-order chi connectivity index (χ0) is 11.2. The highest BCUT2D eigenvalue weighted by Gasteiger charge is 2.51. The van der Waals surface area contributed by atoms with Gasteiger partial charge < -0.3 is 0 Å². The van der Waals surface area contributed by atoms with Gasteiger partial charge >= 0.3 is 0 Å². The molecule has 0 radical (unpaired) electrons. The molecule has 15 heavy (non-hydrogen) atoms. The molecule has 5 atom stereocenters. The molecule has 0 amide bonds. The first-order valence-corrected chi connectivity index (χ1v) is 6.96. The molecule has 0 aromatic heterocycles. The molecule has 2 rings (SSSR count). The van der Waals surface area contributed by atoms with Crippen molar-refractivity contribution in [3.8, 4) is 0 Å².